The smallest absolute Gasteiger partial charge is 0.147 e. The molecule has 84 valence electrons. The second-order valence-corrected chi connectivity index (χ2v) is 5.46. The molecule has 0 aromatic heterocycles. The van der Waals surface area contributed by atoms with Crippen molar-refractivity contribution in [3.63, 3.8) is 0 Å². The van der Waals surface area contributed by atoms with Crippen LogP contribution in [-0.4, -0.2) is 11.4 Å². The maximum atomic E-state index is 10.9. The van der Waals surface area contributed by atoms with Crippen LogP contribution in [0.25, 0.3) is 0 Å². The van der Waals surface area contributed by atoms with Crippen LogP contribution in [0.4, 0.5) is 0 Å². The van der Waals surface area contributed by atoms with Gasteiger partial charge in [-0.3, -0.25) is 4.79 Å². The molecule has 1 atom stereocenters. The third-order valence-electron chi connectivity index (χ3n) is 3.02. The third-order valence-corrected chi connectivity index (χ3v) is 3.50. The van der Waals surface area contributed by atoms with E-state index in [0.717, 1.165) is 19.0 Å². The van der Waals surface area contributed by atoms with E-state index in [0.29, 0.717) is 28.5 Å². The van der Waals surface area contributed by atoms with Crippen molar-refractivity contribution in [2.45, 2.75) is 33.6 Å². The van der Waals surface area contributed by atoms with Crippen LogP contribution in [0.1, 0.15) is 33.6 Å². The maximum Gasteiger partial charge on any atom is 0.147 e. The Balaban J connectivity index is 3.05. The first-order chi connectivity index (χ1) is 6.90. The molecule has 0 aromatic carbocycles. The van der Waals surface area contributed by atoms with E-state index in [1.54, 1.807) is 0 Å². The zero-order valence-corrected chi connectivity index (χ0v) is 10.1. The van der Waals surface area contributed by atoms with E-state index in [1.165, 1.54) is 0 Å². The zero-order valence-electron chi connectivity index (χ0n) is 9.38. The van der Waals surface area contributed by atoms with Crippen LogP contribution in [0.2, 0.25) is 0 Å². The number of aliphatic hydroxyl groups is 1. The summed E-state index contributed by atoms with van der Waals surface area (Å²) in [5.41, 5.74) is 1.38. The van der Waals surface area contributed by atoms with E-state index in [2.05, 4.69) is 20.8 Å². The van der Waals surface area contributed by atoms with E-state index >= 15 is 0 Å². The summed E-state index contributed by atoms with van der Waals surface area (Å²) in [6, 6.07) is 0. The zero-order chi connectivity index (χ0) is 11.6. The molecule has 1 aliphatic carbocycles. The quantitative estimate of drug-likeness (QED) is 0.550. The second-order valence-electron chi connectivity index (χ2n) is 5.08. The van der Waals surface area contributed by atoms with Crippen molar-refractivity contribution in [3.05, 3.63) is 22.4 Å². The molecule has 1 N–H and O–H groups in total. The van der Waals surface area contributed by atoms with Gasteiger partial charge in [-0.2, -0.15) is 0 Å². The Kier molecular flexibility index (Phi) is 3.61. The van der Waals surface area contributed by atoms with Gasteiger partial charge < -0.3 is 5.11 Å². The molecule has 0 aromatic rings. The van der Waals surface area contributed by atoms with Gasteiger partial charge in [-0.05, 0) is 24.2 Å². The van der Waals surface area contributed by atoms with Crippen molar-refractivity contribution in [1.29, 1.82) is 0 Å². The number of hydrogen-bond donors (Lipinski definition) is 1. The molecule has 3 heteroatoms. The predicted octanol–water partition coefficient (Wildman–Crippen LogP) is 3.58. The fourth-order valence-corrected chi connectivity index (χ4v) is 2.06. The summed E-state index contributed by atoms with van der Waals surface area (Å²) in [6.45, 7) is 6.40. The lowest BCUT2D eigenvalue weighted by Gasteiger charge is -2.34. The highest BCUT2D eigenvalue weighted by Gasteiger charge is 2.31. The van der Waals surface area contributed by atoms with Gasteiger partial charge in [0, 0.05) is 11.1 Å². The second kappa shape index (κ2) is 4.40. The highest BCUT2D eigenvalue weighted by molar-refractivity contribution is 6.33. The molecule has 0 bridgehead atoms. The topological polar surface area (TPSA) is 37.3 Å². The monoisotopic (exact) mass is 228 g/mol. The highest BCUT2D eigenvalue weighted by Crippen LogP contribution is 2.43. The molecule has 0 fully saturated rings. The summed E-state index contributed by atoms with van der Waals surface area (Å²) >= 11 is 5.98. The number of hydrogen-bond acceptors (Lipinski definition) is 2. The largest absolute Gasteiger partial charge is 0.515 e. The van der Waals surface area contributed by atoms with Gasteiger partial charge in [-0.15, -0.1) is 0 Å². The summed E-state index contributed by atoms with van der Waals surface area (Å²) in [4.78, 5) is 10.9. The first-order valence-corrected chi connectivity index (χ1v) is 5.45. The lowest BCUT2D eigenvalue weighted by atomic mass is 9.71. The Bertz CT molecular complexity index is 321. The van der Waals surface area contributed by atoms with Crippen LogP contribution >= 0.6 is 11.6 Å². The van der Waals surface area contributed by atoms with E-state index in [-0.39, 0.29) is 5.41 Å². The lowest BCUT2D eigenvalue weighted by Crippen LogP contribution is -2.25. The molecule has 1 rings (SSSR count). The molecular formula is C12H17ClO2. The van der Waals surface area contributed by atoms with Crippen molar-refractivity contribution in [1.82, 2.24) is 0 Å². The number of carbonyl (C=O) groups excluding carboxylic acids is 1. The summed E-state index contributed by atoms with van der Waals surface area (Å²) in [6.07, 6.45) is 3.24. The third kappa shape index (κ3) is 2.63. The normalized spacial score (nSPS) is 25.9. The molecule has 1 unspecified atom stereocenters. The van der Waals surface area contributed by atoms with Crippen LogP contribution < -0.4 is 0 Å². The van der Waals surface area contributed by atoms with Crippen molar-refractivity contribution in [2.75, 3.05) is 0 Å². The van der Waals surface area contributed by atoms with Crippen molar-refractivity contribution in [3.8, 4) is 0 Å². The van der Waals surface area contributed by atoms with Crippen LogP contribution in [0.5, 0.6) is 0 Å². The minimum atomic E-state index is 0.111. The Hall–Kier alpha value is -0.760. The SMILES string of the molecule is CC(C)(C)C1CC(C=O)=C(Cl)/C(=C\O)C1. The number of rotatable bonds is 1. The molecule has 0 heterocycles. The number of aliphatic hydroxyl groups excluding tert-OH is 1. The molecule has 2 nitrogen and oxygen atoms in total. The van der Waals surface area contributed by atoms with Crippen LogP contribution in [0.15, 0.2) is 22.4 Å². The van der Waals surface area contributed by atoms with Crippen molar-refractivity contribution >= 4 is 17.9 Å². The average molecular weight is 229 g/mol. The van der Waals surface area contributed by atoms with Gasteiger partial charge in [0.25, 0.3) is 0 Å². The number of halogens is 1. The Morgan fingerprint density at radius 2 is 2.00 bits per heavy atom. The number of allylic oxidation sites excluding steroid dienone is 3. The van der Waals surface area contributed by atoms with Crippen LogP contribution in [0, 0.1) is 11.3 Å². The summed E-state index contributed by atoms with van der Waals surface area (Å²) in [7, 11) is 0. The fraction of sp³-hybridized carbons (Fsp3) is 0.583. The molecule has 0 amide bonds. The van der Waals surface area contributed by atoms with Crippen molar-refractivity contribution in [2.24, 2.45) is 11.3 Å². The first-order valence-electron chi connectivity index (χ1n) is 5.07. The molecule has 0 saturated heterocycles. The molecular weight excluding hydrogens is 212 g/mol. The standard InChI is InChI=1S/C12H17ClO2/c1-12(2,3)10-4-8(6-14)11(13)9(5-10)7-15/h6-7,10,14H,4-5H2,1-3H3/b8-6-. The van der Waals surface area contributed by atoms with Gasteiger partial charge in [0.2, 0.25) is 0 Å². The molecule has 15 heavy (non-hydrogen) atoms. The van der Waals surface area contributed by atoms with E-state index in [9.17, 15) is 4.79 Å². The van der Waals surface area contributed by atoms with Gasteiger partial charge in [0.15, 0.2) is 0 Å². The Labute approximate surface area is 95.6 Å². The van der Waals surface area contributed by atoms with Crippen LogP contribution in [0.3, 0.4) is 0 Å². The fourth-order valence-electron chi connectivity index (χ4n) is 1.81. The summed E-state index contributed by atoms with van der Waals surface area (Å²) in [5, 5.41) is 9.49. The molecule has 0 spiro atoms. The Morgan fingerprint density at radius 3 is 2.40 bits per heavy atom. The predicted molar refractivity (Wildman–Crippen MR) is 61.8 cm³/mol. The Morgan fingerprint density at radius 1 is 1.40 bits per heavy atom. The van der Waals surface area contributed by atoms with E-state index < -0.39 is 0 Å². The minimum Gasteiger partial charge on any atom is -0.515 e. The van der Waals surface area contributed by atoms with Crippen molar-refractivity contribution < 1.29 is 9.90 Å². The number of aldehydes is 1. The van der Waals surface area contributed by atoms with E-state index in [1.807, 2.05) is 0 Å². The van der Waals surface area contributed by atoms with Gasteiger partial charge >= 0.3 is 0 Å². The molecule has 0 radical (unpaired) electrons. The minimum absolute atomic E-state index is 0.111. The lowest BCUT2D eigenvalue weighted by molar-refractivity contribution is -0.105. The molecule has 0 aliphatic heterocycles. The average Bonchev–Trinajstić information content (AvgIpc) is 2.16. The van der Waals surface area contributed by atoms with E-state index in [4.69, 9.17) is 16.7 Å². The van der Waals surface area contributed by atoms with Gasteiger partial charge in [0.1, 0.15) is 6.29 Å². The first kappa shape index (κ1) is 12.3. The number of carbonyl (C=O) groups is 1. The summed E-state index contributed by atoms with van der Waals surface area (Å²) in [5.74, 6) is 0.346. The summed E-state index contributed by atoms with van der Waals surface area (Å²) < 4.78 is 0. The van der Waals surface area contributed by atoms with Crippen LogP contribution in [-0.2, 0) is 4.79 Å². The van der Waals surface area contributed by atoms with Gasteiger partial charge in [0.05, 0.1) is 11.3 Å². The maximum absolute atomic E-state index is 10.9. The highest BCUT2D eigenvalue weighted by atomic mass is 35.5. The molecule has 1 aliphatic rings. The van der Waals surface area contributed by atoms with Gasteiger partial charge in [-0.1, -0.05) is 32.4 Å². The van der Waals surface area contributed by atoms with Gasteiger partial charge in [-0.25, -0.2) is 0 Å². The molecule has 0 saturated carbocycles.